The standard InChI is InChI=1S/C58H77N7O12S/c1-31(2)30-63-22-20-58(21-23-63)61-45-42-43-49(67)37(8)52-44(42)53(69)57(10,77-52)75-28-19-40(74-11)35(6)51(76-56(72)38(9)55(71)65-26-24-64(25-27-65)39-17-12-13-18-41(39)78(59)73)36(7)48(66)34(5)29-32(3)15-14-16-33(4)54(70)60-47(50(43)68)46(45)62-58/h12-19,28,31-32,34-36,38,40,48,51,66-68H,20-27,29-30,59H2,1-11H3,(H,60,70)/b15-14+,28-19+,33-16-/t32?,34-,35-,36-,38?,40+,48-,51-,57?,78?/m1/s1. The molecule has 6 heterocycles. The first-order chi connectivity index (χ1) is 36.9. The molecule has 78 heavy (non-hydrogen) atoms. The number of phenols is 2. The van der Waals surface area contributed by atoms with Crippen molar-refractivity contribution in [1.82, 2.24) is 9.80 Å². The summed E-state index contributed by atoms with van der Waals surface area (Å²) < 4.78 is 37.2. The summed E-state index contributed by atoms with van der Waals surface area (Å²) in [6.07, 6.45) is 6.82. The van der Waals surface area contributed by atoms with Crippen molar-refractivity contribution in [1.29, 1.82) is 0 Å². The normalized spacial score (nSPS) is 29.2. The number of allylic oxidation sites excluding steroid dienone is 3. The van der Waals surface area contributed by atoms with Crippen molar-refractivity contribution in [2.24, 2.45) is 50.6 Å². The Hall–Kier alpha value is -6.19. The lowest BCUT2D eigenvalue weighted by molar-refractivity contribution is -0.169. The Morgan fingerprint density at radius 2 is 1.60 bits per heavy atom. The number of benzene rings is 3. The van der Waals surface area contributed by atoms with Crippen LogP contribution in [-0.2, 0) is 39.6 Å². The van der Waals surface area contributed by atoms with E-state index < -0.39 is 87.8 Å². The molecule has 0 saturated carbocycles. The van der Waals surface area contributed by atoms with Crippen LogP contribution in [0.2, 0.25) is 0 Å². The van der Waals surface area contributed by atoms with Crippen molar-refractivity contribution in [3.63, 3.8) is 0 Å². The predicted octanol–water partition coefficient (Wildman–Crippen LogP) is 5.72. The summed E-state index contributed by atoms with van der Waals surface area (Å²) in [6.45, 7) is 21.6. The topological polar surface area (TPSA) is 255 Å². The van der Waals surface area contributed by atoms with E-state index in [4.69, 9.17) is 34.1 Å². The van der Waals surface area contributed by atoms with E-state index in [1.54, 1.807) is 63.0 Å². The number of fused-ring (bicyclic) bond motifs is 13. The van der Waals surface area contributed by atoms with Crippen LogP contribution < -0.4 is 30.8 Å². The fourth-order valence-corrected chi connectivity index (χ4v) is 12.4. The van der Waals surface area contributed by atoms with Gasteiger partial charge in [0.05, 0.1) is 45.4 Å². The third kappa shape index (κ3) is 11.3. The van der Waals surface area contributed by atoms with E-state index in [2.05, 4.69) is 24.1 Å². The van der Waals surface area contributed by atoms with Crippen LogP contribution in [-0.4, -0.2) is 136 Å². The minimum Gasteiger partial charge on any atom is -0.507 e. The number of aromatic hydroxyl groups is 2. The third-order valence-corrected chi connectivity index (χ3v) is 17.1. The summed E-state index contributed by atoms with van der Waals surface area (Å²) in [7, 11) is -0.240. The first kappa shape index (κ1) is 58.0. The molecule has 3 aromatic carbocycles. The van der Waals surface area contributed by atoms with Crippen LogP contribution in [0.25, 0.3) is 10.8 Å². The average Bonchev–Trinajstić information content (AvgIpc) is 4.07. The number of amides is 2. The Kier molecular flexibility index (Phi) is 17.3. The molecule has 2 amide bonds. The number of hydrogen-bond donors (Lipinski definition) is 5. The number of piperazine rings is 1. The zero-order valence-corrected chi connectivity index (χ0v) is 47.5. The SMILES string of the molecule is CO[C@H]1/C=C/OC2(C)Oc3c(C)c(O)c4c(O)c(c5c(c4c3C2=O)=NC2(CCN(CC(C)C)CC2)N=5)NC(=O)/C(C)=C\C=C\C(C)C[C@@H](C)[C@@H](O)[C@@H](C)[C@H](OC(=O)C(C)C(=O)N2CCN(c3ccccc3S(N)=O)CC2)[C@@H]1C. The number of rotatable bonds is 8. The molecular weight excluding hydrogens is 1020 g/mol. The third-order valence-electron chi connectivity index (χ3n) is 16.3. The molecule has 422 valence electrons. The van der Waals surface area contributed by atoms with Gasteiger partial charge in [-0.05, 0) is 63.2 Å². The summed E-state index contributed by atoms with van der Waals surface area (Å²) in [4.78, 5) is 74.3. The van der Waals surface area contributed by atoms with Crippen LogP contribution in [0.1, 0.15) is 97.5 Å². The van der Waals surface area contributed by atoms with Crippen LogP contribution >= 0.6 is 0 Å². The number of phenolic OH excluding ortho intramolecular Hbond substituents is 2. The number of piperidine rings is 1. The monoisotopic (exact) mass is 1100 g/mol. The van der Waals surface area contributed by atoms with Crippen LogP contribution in [0, 0.1) is 42.4 Å². The van der Waals surface area contributed by atoms with Crippen molar-refractivity contribution in [3.8, 4) is 17.2 Å². The van der Waals surface area contributed by atoms with Crippen LogP contribution in [0.3, 0.4) is 0 Å². The average molecular weight is 1100 g/mol. The van der Waals surface area contributed by atoms with E-state index in [1.165, 1.54) is 27.2 Å². The molecule has 2 saturated heterocycles. The Morgan fingerprint density at radius 3 is 2.26 bits per heavy atom. The van der Waals surface area contributed by atoms with Gasteiger partial charge in [0.25, 0.3) is 11.7 Å². The van der Waals surface area contributed by atoms with E-state index in [9.17, 15) is 33.9 Å². The number of esters is 1. The van der Waals surface area contributed by atoms with Gasteiger partial charge in [0.15, 0.2) is 11.4 Å². The first-order valence-corrected chi connectivity index (χ1v) is 28.3. The number of nitrogens with two attached hydrogens (primary N) is 1. The number of nitrogens with one attached hydrogen (secondary N) is 1. The number of Topliss-reactive ketones (excluding diaryl/α,β-unsaturated/α-hetero) is 1. The van der Waals surface area contributed by atoms with Gasteiger partial charge in [-0.2, -0.15) is 0 Å². The minimum atomic E-state index is -2.02. The van der Waals surface area contributed by atoms with Gasteiger partial charge in [-0.3, -0.25) is 29.2 Å². The van der Waals surface area contributed by atoms with Crippen molar-refractivity contribution in [3.05, 3.63) is 82.2 Å². The molecule has 0 radical (unpaired) electrons. The zero-order chi connectivity index (χ0) is 56.7. The quantitative estimate of drug-likeness (QED) is 0.103. The number of hydrogen-bond acceptors (Lipinski definition) is 16. The lowest BCUT2D eigenvalue weighted by Gasteiger charge is -2.39. The summed E-state index contributed by atoms with van der Waals surface area (Å²) >= 11 is 0. The second kappa shape index (κ2) is 23.3. The fourth-order valence-electron chi connectivity index (χ4n) is 11.7. The van der Waals surface area contributed by atoms with Crippen molar-refractivity contribution in [2.45, 2.75) is 123 Å². The Balaban J connectivity index is 1.13. The highest BCUT2D eigenvalue weighted by atomic mass is 32.2. The van der Waals surface area contributed by atoms with Crippen molar-refractivity contribution in [2.75, 3.05) is 63.1 Å². The molecule has 6 aliphatic rings. The van der Waals surface area contributed by atoms with E-state index >= 15 is 4.79 Å². The summed E-state index contributed by atoms with van der Waals surface area (Å²) in [5, 5.41) is 45.4. The van der Waals surface area contributed by atoms with Crippen LogP contribution in [0.5, 0.6) is 17.2 Å². The number of aliphatic hydroxyl groups excluding tert-OH is 1. The van der Waals surface area contributed by atoms with Gasteiger partial charge in [0.2, 0.25) is 5.91 Å². The van der Waals surface area contributed by atoms with E-state index in [1.807, 2.05) is 37.0 Å². The number of para-hydroxylation sites is 1. The molecule has 6 aliphatic heterocycles. The lowest BCUT2D eigenvalue weighted by Crippen LogP contribution is -2.52. The van der Waals surface area contributed by atoms with Crippen LogP contribution in [0.15, 0.2) is 75.3 Å². The Bertz CT molecular complexity index is 3090. The summed E-state index contributed by atoms with van der Waals surface area (Å²) in [5.74, 6) is -7.84. The Morgan fingerprint density at radius 1 is 0.936 bits per heavy atom. The van der Waals surface area contributed by atoms with E-state index in [0.717, 1.165) is 12.2 Å². The fraction of sp³-hybridized carbons (Fsp3) is 0.552. The largest absolute Gasteiger partial charge is 0.507 e. The van der Waals surface area contributed by atoms with Gasteiger partial charge >= 0.3 is 11.8 Å². The van der Waals surface area contributed by atoms with Gasteiger partial charge in [0, 0.05) is 101 Å². The molecule has 2 fully saturated rings. The smallest absolute Gasteiger partial charge is 0.318 e. The number of aliphatic hydroxyl groups is 1. The molecule has 4 unspecified atom stereocenters. The Labute approximate surface area is 458 Å². The van der Waals surface area contributed by atoms with E-state index in [-0.39, 0.29) is 61.6 Å². The van der Waals surface area contributed by atoms with Gasteiger partial charge in [-0.1, -0.05) is 71.9 Å². The molecular formula is C58H77N7O12S. The maximum atomic E-state index is 15.0. The summed E-state index contributed by atoms with van der Waals surface area (Å²) in [6, 6.07) is 7.14. The number of anilines is 2. The number of nitrogens with zero attached hydrogens (tertiary/aromatic N) is 5. The van der Waals surface area contributed by atoms with Gasteiger partial charge in [-0.15, -0.1) is 0 Å². The highest BCUT2D eigenvalue weighted by Crippen LogP contribution is 2.50. The number of likely N-dealkylation sites (tertiary alicyclic amines) is 1. The minimum absolute atomic E-state index is 0.0133. The molecule has 10 atom stereocenters. The second-order valence-corrected chi connectivity index (χ2v) is 23.6. The molecule has 0 aliphatic carbocycles. The maximum absolute atomic E-state index is 15.0. The molecule has 6 N–H and O–H groups in total. The maximum Gasteiger partial charge on any atom is 0.318 e. The number of carbonyl (C=O) groups excluding carboxylic acids is 4. The molecule has 0 aromatic heterocycles. The van der Waals surface area contributed by atoms with Gasteiger partial charge < -0.3 is 54.3 Å². The number of ether oxygens (including phenoxy) is 4. The molecule has 9 rings (SSSR count). The lowest BCUT2D eigenvalue weighted by atomic mass is 9.79. The van der Waals surface area contributed by atoms with Gasteiger partial charge in [-0.25, -0.2) is 9.35 Å². The molecule has 19 nitrogen and oxygen atoms in total. The number of carbonyl (C=O) groups is 4. The summed E-state index contributed by atoms with van der Waals surface area (Å²) in [5.41, 5.74) is 0.144. The molecule has 5 bridgehead atoms. The second-order valence-electron chi connectivity index (χ2n) is 22.6. The number of ketones is 1. The number of methoxy groups -OCH3 is 1. The molecule has 20 heteroatoms. The van der Waals surface area contributed by atoms with E-state index in [0.29, 0.717) is 74.9 Å². The van der Waals surface area contributed by atoms with Gasteiger partial charge in [0.1, 0.15) is 45.6 Å². The highest BCUT2D eigenvalue weighted by molar-refractivity contribution is 7.82. The zero-order valence-electron chi connectivity index (χ0n) is 46.7. The van der Waals surface area contributed by atoms with Crippen molar-refractivity contribution < 1.29 is 57.7 Å². The first-order valence-electron chi connectivity index (χ1n) is 27.1. The van der Waals surface area contributed by atoms with Crippen molar-refractivity contribution >= 4 is 56.7 Å². The molecule has 1 spiro atoms. The molecule has 3 aromatic rings. The van der Waals surface area contributed by atoms with Crippen LogP contribution in [0.4, 0.5) is 11.4 Å². The highest BCUT2D eigenvalue weighted by Gasteiger charge is 2.50. The predicted molar refractivity (Wildman–Crippen MR) is 296 cm³/mol.